The molecule has 6 nitrogen and oxygen atoms in total. The van der Waals surface area contributed by atoms with Crippen molar-refractivity contribution in [3.63, 3.8) is 0 Å². The fraction of sp³-hybridized carbons (Fsp3) is 0.353. The van der Waals surface area contributed by atoms with Crippen molar-refractivity contribution in [3.8, 4) is 6.07 Å². The lowest BCUT2D eigenvalue weighted by Crippen LogP contribution is -2.36. The normalized spacial score (nSPS) is 10.7. The van der Waals surface area contributed by atoms with Gasteiger partial charge in [-0.3, -0.25) is 0 Å². The third kappa shape index (κ3) is 5.85. The molecule has 1 aromatic heterocycles. The average molecular weight is 439 g/mol. The van der Waals surface area contributed by atoms with Crippen molar-refractivity contribution in [2.24, 2.45) is 4.99 Å². The van der Waals surface area contributed by atoms with Gasteiger partial charge in [-0.2, -0.15) is 5.26 Å². The first-order valence-electron chi connectivity index (χ1n) is 7.56. The highest BCUT2D eigenvalue weighted by Gasteiger charge is 2.06. The van der Waals surface area contributed by atoms with Crippen molar-refractivity contribution >= 4 is 29.9 Å². The molecule has 0 bridgehead atoms. The third-order valence-corrected chi connectivity index (χ3v) is 3.33. The van der Waals surface area contributed by atoms with Gasteiger partial charge in [0.25, 0.3) is 0 Å². The quantitative estimate of drug-likeness (QED) is 0.425. The fourth-order valence-electron chi connectivity index (χ4n) is 1.97. The predicted octanol–water partition coefficient (Wildman–Crippen LogP) is 3.04. The van der Waals surface area contributed by atoms with Crippen LogP contribution in [0.15, 0.2) is 33.7 Å². The van der Waals surface area contributed by atoms with E-state index in [0.717, 1.165) is 23.6 Å². The molecule has 0 saturated carbocycles. The molecule has 0 saturated heterocycles. The van der Waals surface area contributed by atoms with Crippen LogP contribution in [0.2, 0.25) is 0 Å². The monoisotopic (exact) mass is 439 g/mol. The summed E-state index contributed by atoms with van der Waals surface area (Å²) in [4.78, 5) is 8.86. The van der Waals surface area contributed by atoms with Crippen molar-refractivity contribution < 1.29 is 4.42 Å². The van der Waals surface area contributed by atoms with E-state index in [0.29, 0.717) is 30.5 Å². The molecular formula is C17H22IN5O. The van der Waals surface area contributed by atoms with Crippen LogP contribution in [0.5, 0.6) is 0 Å². The summed E-state index contributed by atoms with van der Waals surface area (Å²) in [7, 11) is 0. The standard InChI is InChI=1S/C17H21N5O.HI/c1-4-19-17(21-11-16-22-12(2)13(3)23-16)20-10-15-7-5-14(9-18)6-8-15;/h5-8H,4,10-11H2,1-3H3,(H2,19,20,21);1H. The van der Waals surface area contributed by atoms with Crippen LogP contribution < -0.4 is 10.6 Å². The molecule has 0 atom stereocenters. The SMILES string of the molecule is CCNC(=NCc1ccc(C#N)cc1)NCc1nc(C)c(C)o1.I. The van der Waals surface area contributed by atoms with Gasteiger partial charge < -0.3 is 15.1 Å². The maximum absolute atomic E-state index is 8.80. The van der Waals surface area contributed by atoms with Crippen LogP contribution in [0, 0.1) is 25.2 Å². The Hall–Kier alpha value is -2.08. The number of nitrogens with one attached hydrogen (secondary N) is 2. The fourth-order valence-corrected chi connectivity index (χ4v) is 1.97. The molecule has 2 rings (SSSR count). The second-order valence-corrected chi connectivity index (χ2v) is 5.11. The zero-order chi connectivity index (χ0) is 16.7. The Morgan fingerprint density at radius 2 is 1.96 bits per heavy atom. The highest BCUT2D eigenvalue weighted by Crippen LogP contribution is 2.08. The summed E-state index contributed by atoms with van der Waals surface area (Å²) < 4.78 is 5.54. The molecule has 2 N–H and O–H groups in total. The molecular weight excluding hydrogens is 417 g/mol. The Kier molecular flexibility index (Phi) is 8.26. The molecule has 24 heavy (non-hydrogen) atoms. The zero-order valence-corrected chi connectivity index (χ0v) is 16.4. The lowest BCUT2D eigenvalue weighted by atomic mass is 10.1. The molecule has 2 aromatic rings. The van der Waals surface area contributed by atoms with E-state index in [9.17, 15) is 0 Å². The molecule has 0 fully saturated rings. The van der Waals surface area contributed by atoms with E-state index in [1.807, 2.05) is 32.9 Å². The number of nitrogens with zero attached hydrogens (tertiary/aromatic N) is 3. The Morgan fingerprint density at radius 3 is 2.50 bits per heavy atom. The van der Waals surface area contributed by atoms with Gasteiger partial charge in [-0.25, -0.2) is 9.98 Å². The Balaban J connectivity index is 0.00000288. The molecule has 0 radical (unpaired) electrons. The van der Waals surface area contributed by atoms with E-state index in [1.54, 1.807) is 12.1 Å². The van der Waals surface area contributed by atoms with E-state index < -0.39 is 0 Å². The number of rotatable bonds is 5. The Labute approximate surface area is 159 Å². The van der Waals surface area contributed by atoms with E-state index in [1.165, 1.54) is 0 Å². The summed E-state index contributed by atoms with van der Waals surface area (Å²) >= 11 is 0. The number of halogens is 1. The van der Waals surface area contributed by atoms with E-state index in [4.69, 9.17) is 9.68 Å². The summed E-state index contributed by atoms with van der Waals surface area (Å²) in [6.45, 7) is 7.61. The molecule has 0 unspecified atom stereocenters. The van der Waals surface area contributed by atoms with E-state index in [-0.39, 0.29) is 24.0 Å². The van der Waals surface area contributed by atoms with Gasteiger partial charge >= 0.3 is 0 Å². The molecule has 7 heteroatoms. The van der Waals surface area contributed by atoms with Gasteiger partial charge in [0.05, 0.1) is 30.4 Å². The van der Waals surface area contributed by atoms with Crippen LogP contribution in [0.1, 0.15) is 35.4 Å². The van der Waals surface area contributed by atoms with Gasteiger partial charge in [-0.05, 0) is 38.5 Å². The minimum absolute atomic E-state index is 0. The van der Waals surface area contributed by atoms with Crippen LogP contribution in [-0.4, -0.2) is 17.5 Å². The Morgan fingerprint density at radius 1 is 1.25 bits per heavy atom. The minimum atomic E-state index is 0. The van der Waals surface area contributed by atoms with Crippen LogP contribution >= 0.6 is 24.0 Å². The lowest BCUT2D eigenvalue weighted by Gasteiger charge is -2.09. The first-order chi connectivity index (χ1) is 11.1. The highest BCUT2D eigenvalue weighted by atomic mass is 127. The van der Waals surface area contributed by atoms with Crippen molar-refractivity contribution in [1.82, 2.24) is 15.6 Å². The van der Waals surface area contributed by atoms with Gasteiger partial charge in [0.1, 0.15) is 5.76 Å². The van der Waals surface area contributed by atoms with Gasteiger partial charge in [0, 0.05) is 6.54 Å². The zero-order valence-electron chi connectivity index (χ0n) is 14.1. The molecule has 128 valence electrons. The second kappa shape index (κ2) is 9.93. The predicted molar refractivity (Wildman–Crippen MR) is 104 cm³/mol. The second-order valence-electron chi connectivity index (χ2n) is 5.11. The topological polar surface area (TPSA) is 86.2 Å². The third-order valence-electron chi connectivity index (χ3n) is 3.33. The molecule has 0 spiro atoms. The van der Waals surface area contributed by atoms with Crippen LogP contribution in [0.4, 0.5) is 0 Å². The lowest BCUT2D eigenvalue weighted by molar-refractivity contribution is 0.463. The number of hydrogen-bond acceptors (Lipinski definition) is 4. The van der Waals surface area contributed by atoms with Crippen LogP contribution in [0.25, 0.3) is 0 Å². The number of benzene rings is 1. The largest absolute Gasteiger partial charge is 0.444 e. The summed E-state index contributed by atoms with van der Waals surface area (Å²) in [6.07, 6.45) is 0. The number of hydrogen-bond donors (Lipinski definition) is 2. The van der Waals surface area contributed by atoms with Crippen molar-refractivity contribution in [2.75, 3.05) is 6.54 Å². The summed E-state index contributed by atoms with van der Waals surface area (Å²) in [6, 6.07) is 9.52. The maximum atomic E-state index is 8.80. The molecule has 0 aliphatic rings. The van der Waals surface area contributed by atoms with Crippen molar-refractivity contribution in [2.45, 2.75) is 33.9 Å². The first-order valence-corrected chi connectivity index (χ1v) is 7.56. The molecule has 1 heterocycles. The highest BCUT2D eigenvalue weighted by molar-refractivity contribution is 14.0. The molecule has 1 aromatic carbocycles. The molecule has 0 amide bonds. The number of aryl methyl sites for hydroxylation is 2. The van der Waals surface area contributed by atoms with Gasteiger partial charge in [0.15, 0.2) is 5.96 Å². The summed E-state index contributed by atoms with van der Waals surface area (Å²) in [5.74, 6) is 2.18. The Bertz CT molecular complexity index is 696. The minimum Gasteiger partial charge on any atom is -0.444 e. The van der Waals surface area contributed by atoms with Crippen LogP contribution in [0.3, 0.4) is 0 Å². The maximum Gasteiger partial charge on any atom is 0.214 e. The summed E-state index contributed by atoms with van der Waals surface area (Å²) in [5, 5.41) is 15.2. The average Bonchev–Trinajstić information content (AvgIpc) is 2.89. The number of guanidine groups is 1. The molecule has 0 aliphatic carbocycles. The number of aliphatic imine (C=N–C) groups is 1. The number of aromatic nitrogens is 1. The van der Waals surface area contributed by atoms with Crippen molar-refractivity contribution in [3.05, 3.63) is 52.7 Å². The summed E-state index contributed by atoms with van der Waals surface area (Å²) in [5.41, 5.74) is 2.60. The van der Waals surface area contributed by atoms with Crippen molar-refractivity contribution in [1.29, 1.82) is 5.26 Å². The van der Waals surface area contributed by atoms with Gasteiger partial charge in [-0.15, -0.1) is 24.0 Å². The smallest absolute Gasteiger partial charge is 0.214 e. The number of nitriles is 1. The van der Waals surface area contributed by atoms with Gasteiger partial charge in [0.2, 0.25) is 5.89 Å². The van der Waals surface area contributed by atoms with Crippen LogP contribution in [-0.2, 0) is 13.1 Å². The van der Waals surface area contributed by atoms with E-state index >= 15 is 0 Å². The van der Waals surface area contributed by atoms with Gasteiger partial charge in [-0.1, -0.05) is 12.1 Å². The molecule has 0 aliphatic heterocycles. The first kappa shape index (κ1) is 20.0. The van der Waals surface area contributed by atoms with E-state index in [2.05, 4.69) is 26.7 Å². The number of oxazole rings is 1.